The molecule has 0 heterocycles. The fourth-order valence-electron chi connectivity index (χ4n) is 2.99. The van der Waals surface area contributed by atoms with Gasteiger partial charge in [-0.2, -0.15) is 0 Å². The summed E-state index contributed by atoms with van der Waals surface area (Å²) >= 11 is 0. The van der Waals surface area contributed by atoms with Crippen LogP contribution in [0.15, 0.2) is 87.5 Å². The molecule has 0 nitrogen and oxygen atoms in total. The molecule has 0 aliphatic rings. The van der Waals surface area contributed by atoms with Crippen LogP contribution in [0.5, 0.6) is 0 Å². The summed E-state index contributed by atoms with van der Waals surface area (Å²) in [6, 6.07) is 27.5. The molecule has 3 aromatic rings. The van der Waals surface area contributed by atoms with Crippen molar-refractivity contribution in [1.82, 2.24) is 0 Å². The standard InChI is InChI=1S/C24H27S/c1-4-19-7-13-22(14-8-19)25(23-15-9-20(5-2)10-16-23)24-17-11-21(6-3)12-18-24/h7-18H,4-6H2,1-3H3/q+1. The van der Waals surface area contributed by atoms with Gasteiger partial charge in [-0.05, 0) is 72.4 Å². The molecule has 0 unspecified atom stereocenters. The van der Waals surface area contributed by atoms with Crippen molar-refractivity contribution in [2.45, 2.75) is 54.7 Å². The predicted molar refractivity (Wildman–Crippen MR) is 110 cm³/mol. The maximum Gasteiger partial charge on any atom is 0.166 e. The summed E-state index contributed by atoms with van der Waals surface area (Å²) in [7, 11) is -0.0454. The van der Waals surface area contributed by atoms with E-state index < -0.39 is 0 Å². The molecule has 3 rings (SSSR count). The molecule has 0 saturated carbocycles. The molecule has 0 N–H and O–H groups in total. The van der Waals surface area contributed by atoms with Crippen LogP contribution in [0, 0.1) is 0 Å². The maximum atomic E-state index is 2.31. The SMILES string of the molecule is CCc1ccc([S+](c2ccc(CC)cc2)c2ccc(CC)cc2)cc1. The first kappa shape index (κ1) is 17.8. The van der Waals surface area contributed by atoms with Crippen LogP contribution in [-0.2, 0) is 30.2 Å². The van der Waals surface area contributed by atoms with Crippen molar-refractivity contribution in [2.75, 3.05) is 0 Å². The summed E-state index contributed by atoms with van der Waals surface area (Å²) in [6.45, 7) is 6.63. The Kier molecular flexibility index (Phi) is 5.99. The molecule has 0 aliphatic heterocycles. The van der Waals surface area contributed by atoms with E-state index in [9.17, 15) is 0 Å². The molecule has 0 spiro atoms. The van der Waals surface area contributed by atoms with Crippen molar-refractivity contribution in [3.63, 3.8) is 0 Å². The highest BCUT2D eigenvalue weighted by molar-refractivity contribution is 7.97. The van der Waals surface area contributed by atoms with Gasteiger partial charge in [0.25, 0.3) is 0 Å². The largest absolute Gasteiger partial charge is 0.166 e. The Labute approximate surface area is 155 Å². The summed E-state index contributed by atoms with van der Waals surface area (Å²) in [5, 5.41) is 0. The Balaban J connectivity index is 2.04. The van der Waals surface area contributed by atoms with Crippen molar-refractivity contribution < 1.29 is 0 Å². The van der Waals surface area contributed by atoms with Gasteiger partial charge in [-0.3, -0.25) is 0 Å². The Morgan fingerprint density at radius 1 is 0.440 bits per heavy atom. The summed E-state index contributed by atoms with van der Waals surface area (Å²) in [6.07, 6.45) is 3.26. The lowest BCUT2D eigenvalue weighted by atomic mass is 10.2. The van der Waals surface area contributed by atoms with Gasteiger partial charge in [0, 0.05) is 0 Å². The minimum Gasteiger partial charge on any atom is -0.0613 e. The smallest absolute Gasteiger partial charge is 0.0613 e. The third-order valence-corrected chi connectivity index (χ3v) is 6.93. The predicted octanol–water partition coefficient (Wildman–Crippen LogP) is 6.47. The van der Waals surface area contributed by atoms with Crippen LogP contribution < -0.4 is 0 Å². The van der Waals surface area contributed by atoms with Gasteiger partial charge >= 0.3 is 0 Å². The van der Waals surface area contributed by atoms with Crippen LogP contribution >= 0.6 is 0 Å². The van der Waals surface area contributed by atoms with Crippen molar-refractivity contribution >= 4 is 10.9 Å². The molecular weight excluding hydrogens is 320 g/mol. The fraction of sp³-hybridized carbons (Fsp3) is 0.250. The van der Waals surface area contributed by atoms with Gasteiger partial charge in [-0.1, -0.05) is 57.2 Å². The number of benzene rings is 3. The molecule has 3 aromatic carbocycles. The third-order valence-electron chi connectivity index (χ3n) is 4.70. The summed E-state index contributed by atoms with van der Waals surface area (Å²) in [5.41, 5.74) is 4.19. The Hall–Kier alpha value is -1.99. The monoisotopic (exact) mass is 347 g/mol. The highest BCUT2D eigenvalue weighted by atomic mass is 32.2. The van der Waals surface area contributed by atoms with Crippen molar-refractivity contribution in [2.24, 2.45) is 0 Å². The summed E-state index contributed by atoms with van der Waals surface area (Å²) < 4.78 is 0. The molecule has 0 fully saturated rings. The highest BCUT2D eigenvalue weighted by Gasteiger charge is 2.28. The van der Waals surface area contributed by atoms with Gasteiger partial charge in [0.1, 0.15) is 0 Å². The van der Waals surface area contributed by atoms with E-state index in [2.05, 4.69) is 93.6 Å². The average molecular weight is 348 g/mol. The van der Waals surface area contributed by atoms with E-state index in [0.717, 1.165) is 19.3 Å². The van der Waals surface area contributed by atoms with Crippen molar-refractivity contribution in [1.29, 1.82) is 0 Å². The molecule has 0 saturated heterocycles. The van der Waals surface area contributed by atoms with Crippen LogP contribution in [-0.4, -0.2) is 0 Å². The summed E-state index contributed by atoms with van der Waals surface area (Å²) in [4.78, 5) is 4.18. The average Bonchev–Trinajstić information content (AvgIpc) is 2.70. The lowest BCUT2D eigenvalue weighted by Crippen LogP contribution is -2.05. The summed E-state index contributed by atoms with van der Waals surface area (Å²) in [5.74, 6) is 0. The molecule has 0 atom stereocenters. The minimum absolute atomic E-state index is 0.0454. The third kappa shape index (κ3) is 4.16. The van der Waals surface area contributed by atoms with Gasteiger partial charge in [0.05, 0.1) is 10.9 Å². The Morgan fingerprint density at radius 2 is 0.680 bits per heavy atom. The van der Waals surface area contributed by atoms with E-state index in [4.69, 9.17) is 0 Å². The normalized spacial score (nSPS) is 11.0. The molecule has 0 aliphatic carbocycles. The molecule has 25 heavy (non-hydrogen) atoms. The van der Waals surface area contributed by atoms with Gasteiger partial charge in [0.2, 0.25) is 0 Å². The number of rotatable bonds is 6. The second-order valence-corrected chi connectivity index (χ2v) is 8.33. The minimum atomic E-state index is -0.0454. The molecule has 1 heteroatoms. The van der Waals surface area contributed by atoms with Crippen LogP contribution in [0.25, 0.3) is 0 Å². The first-order valence-corrected chi connectivity index (χ1v) is 10.5. The Morgan fingerprint density at radius 3 is 0.880 bits per heavy atom. The maximum absolute atomic E-state index is 2.31. The van der Waals surface area contributed by atoms with Crippen LogP contribution in [0.2, 0.25) is 0 Å². The van der Waals surface area contributed by atoms with E-state index in [0.29, 0.717) is 0 Å². The van der Waals surface area contributed by atoms with Crippen molar-refractivity contribution in [3.8, 4) is 0 Å². The molecule has 0 bridgehead atoms. The van der Waals surface area contributed by atoms with Gasteiger partial charge in [-0.25, -0.2) is 0 Å². The topological polar surface area (TPSA) is 0 Å². The van der Waals surface area contributed by atoms with Gasteiger partial charge in [-0.15, -0.1) is 0 Å². The first-order chi connectivity index (χ1) is 12.2. The fourth-order valence-corrected chi connectivity index (χ4v) is 5.03. The van der Waals surface area contributed by atoms with E-state index in [-0.39, 0.29) is 10.9 Å². The molecule has 0 radical (unpaired) electrons. The van der Waals surface area contributed by atoms with Gasteiger partial charge in [0.15, 0.2) is 14.7 Å². The Bertz CT molecular complexity index is 670. The van der Waals surface area contributed by atoms with E-state index in [1.165, 1.54) is 31.4 Å². The van der Waals surface area contributed by atoms with Crippen LogP contribution in [0.4, 0.5) is 0 Å². The van der Waals surface area contributed by atoms with Crippen molar-refractivity contribution in [3.05, 3.63) is 89.5 Å². The molecular formula is C24H27S+. The lowest BCUT2D eigenvalue weighted by molar-refractivity contribution is 1.12. The van der Waals surface area contributed by atoms with E-state index in [1.807, 2.05) is 0 Å². The lowest BCUT2D eigenvalue weighted by Gasteiger charge is -2.10. The number of hydrogen-bond acceptors (Lipinski definition) is 0. The molecule has 128 valence electrons. The van der Waals surface area contributed by atoms with Crippen LogP contribution in [0.3, 0.4) is 0 Å². The van der Waals surface area contributed by atoms with Gasteiger partial charge < -0.3 is 0 Å². The highest BCUT2D eigenvalue weighted by Crippen LogP contribution is 2.32. The van der Waals surface area contributed by atoms with E-state index in [1.54, 1.807) is 0 Å². The second kappa shape index (κ2) is 8.40. The zero-order valence-electron chi connectivity index (χ0n) is 15.5. The number of aryl methyl sites for hydroxylation is 3. The number of hydrogen-bond donors (Lipinski definition) is 0. The van der Waals surface area contributed by atoms with Crippen LogP contribution in [0.1, 0.15) is 37.5 Å². The zero-order valence-corrected chi connectivity index (χ0v) is 16.3. The zero-order chi connectivity index (χ0) is 17.6. The molecule has 0 aromatic heterocycles. The quantitative estimate of drug-likeness (QED) is 0.448. The second-order valence-electron chi connectivity index (χ2n) is 6.30. The van der Waals surface area contributed by atoms with E-state index >= 15 is 0 Å². The first-order valence-electron chi connectivity index (χ1n) is 9.26. The molecule has 0 amide bonds.